The zero-order valence-corrected chi connectivity index (χ0v) is 21.6. The molecular formula is C30H28F3N3O3. The van der Waals surface area contributed by atoms with Crippen LogP contribution < -0.4 is 20.3 Å². The Bertz CT molecular complexity index is 1530. The van der Waals surface area contributed by atoms with Crippen LogP contribution in [0.5, 0.6) is 11.5 Å². The fourth-order valence-corrected chi connectivity index (χ4v) is 4.97. The third-order valence-electron chi connectivity index (χ3n) is 6.90. The summed E-state index contributed by atoms with van der Waals surface area (Å²) in [5.41, 5.74) is 2.06. The van der Waals surface area contributed by atoms with Gasteiger partial charge in [0.15, 0.2) is 0 Å². The largest absolute Gasteiger partial charge is 0.497 e. The molecule has 0 unspecified atom stereocenters. The van der Waals surface area contributed by atoms with Crippen molar-refractivity contribution in [1.82, 2.24) is 9.78 Å². The summed E-state index contributed by atoms with van der Waals surface area (Å²) in [5.74, 6) is 1.02. The van der Waals surface area contributed by atoms with E-state index in [1.54, 1.807) is 18.2 Å². The number of anilines is 1. The lowest BCUT2D eigenvalue weighted by molar-refractivity contribution is -0.137. The third kappa shape index (κ3) is 5.48. The molecule has 9 heteroatoms. The molecule has 39 heavy (non-hydrogen) atoms. The SMILES string of the molecule is COc1cc(OC)cc(-c2nn(-c3cc(NCCc4ccccc4)ccc3C(F)(F)F)c(=O)c3c2CCC3)c1. The van der Waals surface area contributed by atoms with Gasteiger partial charge in [0.05, 0.1) is 31.2 Å². The summed E-state index contributed by atoms with van der Waals surface area (Å²) in [5, 5.41) is 7.73. The smallest absolute Gasteiger partial charge is 0.418 e. The van der Waals surface area contributed by atoms with Crippen molar-refractivity contribution in [3.05, 3.63) is 99.3 Å². The molecular weight excluding hydrogens is 507 g/mol. The first kappa shape index (κ1) is 26.3. The number of alkyl halides is 3. The predicted octanol–water partition coefficient (Wildman–Crippen LogP) is 6.08. The lowest BCUT2D eigenvalue weighted by Gasteiger charge is -2.19. The van der Waals surface area contributed by atoms with E-state index in [0.29, 0.717) is 59.8 Å². The average molecular weight is 536 g/mol. The van der Waals surface area contributed by atoms with Gasteiger partial charge in [-0.25, -0.2) is 0 Å². The van der Waals surface area contributed by atoms with Gasteiger partial charge >= 0.3 is 6.18 Å². The summed E-state index contributed by atoms with van der Waals surface area (Å²) in [4.78, 5) is 13.5. The zero-order chi connectivity index (χ0) is 27.6. The summed E-state index contributed by atoms with van der Waals surface area (Å²) in [6, 6.07) is 18.7. The van der Waals surface area contributed by atoms with E-state index < -0.39 is 17.3 Å². The van der Waals surface area contributed by atoms with Crippen LogP contribution in [0.1, 0.15) is 28.7 Å². The monoisotopic (exact) mass is 535 g/mol. The van der Waals surface area contributed by atoms with E-state index in [9.17, 15) is 18.0 Å². The summed E-state index contributed by atoms with van der Waals surface area (Å²) in [6.07, 6.45) is -2.19. The van der Waals surface area contributed by atoms with Crippen molar-refractivity contribution in [1.29, 1.82) is 0 Å². The van der Waals surface area contributed by atoms with Crippen molar-refractivity contribution in [2.24, 2.45) is 0 Å². The minimum atomic E-state index is -4.68. The topological polar surface area (TPSA) is 65.4 Å². The molecule has 1 aromatic heterocycles. The number of benzene rings is 3. The number of halogens is 3. The molecule has 0 saturated heterocycles. The van der Waals surface area contributed by atoms with E-state index in [1.165, 1.54) is 26.4 Å². The molecule has 0 atom stereocenters. The maximum atomic E-state index is 14.2. The van der Waals surface area contributed by atoms with Crippen molar-refractivity contribution >= 4 is 5.69 Å². The molecule has 0 saturated carbocycles. The molecule has 4 aromatic rings. The van der Waals surface area contributed by atoms with Gasteiger partial charge in [-0.2, -0.15) is 23.0 Å². The lowest BCUT2D eigenvalue weighted by Crippen LogP contribution is -2.28. The van der Waals surface area contributed by atoms with Gasteiger partial charge in [-0.15, -0.1) is 0 Å². The van der Waals surface area contributed by atoms with Gasteiger partial charge in [-0.1, -0.05) is 30.3 Å². The Morgan fingerprint density at radius 3 is 2.28 bits per heavy atom. The predicted molar refractivity (Wildman–Crippen MR) is 144 cm³/mol. The Kier molecular flexibility index (Phi) is 7.32. The first-order valence-corrected chi connectivity index (χ1v) is 12.7. The van der Waals surface area contributed by atoms with Crippen LogP contribution in [-0.2, 0) is 25.4 Å². The van der Waals surface area contributed by atoms with Gasteiger partial charge in [0.25, 0.3) is 5.56 Å². The maximum absolute atomic E-state index is 14.2. The highest BCUT2D eigenvalue weighted by Crippen LogP contribution is 2.37. The fourth-order valence-electron chi connectivity index (χ4n) is 4.97. The number of rotatable bonds is 8. The van der Waals surface area contributed by atoms with Gasteiger partial charge in [0.2, 0.25) is 0 Å². The third-order valence-corrected chi connectivity index (χ3v) is 6.90. The number of nitrogens with one attached hydrogen (secondary N) is 1. The lowest BCUT2D eigenvalue weighted by atomic mass is 10.0. The summed E-state index contributed by atoms with van der Waals surface area (Å²) >= 11 is 0. The van der Waals surface area contributed by atoms with Crippen molar-refractivity contribution < 1.29 is 22.6 Å². The zero-order valence-electron chi connectivity index (χ0n) is 21.6. The molecule has 202 valence electrons. The van der Waals surface area contributed by atoms with E-state index >= 15 is 0 Å². The number of methoxy groups -OCH3 is 2. The Morgan fingerprint density at radius 1 is 0.923 bits per heavy atom. The molecule has 0 spiro atoms. The summed E-state index contributed by atoms with van der Waals surface area (Å²) in [6.45, 7) is 0.510. The molecule has 0 radical (unpaired) electrons. The first-order valence-electron chi connectivity index (χ1n) is 12.7. The quantitative estimate of drug-likeness (QED) is 0.296. The van der Waals surface area contributed by atoms with Crippen molar-refractivity contribution in [2.45, 2.75) is 31.9 Å². The number of nitrogens with zero attached hydrogens (tertiary/aromatic N) is 2. The standard InChI is InChI=1S/C30H28F3N3O3/c1-38-22-15-20(16-23(18-22)39-2)28-24-9-6-10-25(24)29(37)36(35-28)27-17-21(11-12-26(27)30(31,32)33)34-14-13-19-7-4-3-5-8-19/h3-5,7-8,11-12,15-18,34H,6,9-10,13-14H2,1-2H3. The van der Waals surface area contributed by atoms with Crippen LogP contribution >= 0.6 is 0 Å². The van der Waals surface area contributed by atoms with Crippen LogP contribution in [0.15, 0.2) is 71.5 Å². The molecule has 6 nitrogen and oxygen atoms in total. The Balaban J connectivity index is 1.62. The van der Waals surface area contributed by atoms with Gasteiger partial charge < -0.3 is 14.8 Å². The Hall–Kier alpha value is -4.27. The summed E-state index contributed by atoms with van der Waals surface area (Å²) in [7, 11) is 3.03. The molecule has 0 bridgehead atoms. The maximum Gasteiger partial charge on any atom is 0.418 e. The van der Waals surface area contributed by atoms with Gasteiger partial charge in [-0.3, -0.25) is 4.79 Å². The van der Waals surface area contributed by atoms with Crippen molar-refractivity contribution in [2.75, 3.05) is 26.1 Å². The normalized spacial score (nSPS) is 12.7. The highest BCUT2D eigenvalue weighted by atomic mass is 19.4. The number of aromatic nitrogens is 2. The molecule has 1 N–H and O–H groups in total. The van der Waals surface area contributed by atoms with Crippen LogP contribution in [0.2, 0.25) is 0 Å². The number of fused-ring (bicyclic) bond motifs is 1. The molecule has 3 aromatic carbocycles. The molecule has 5 rings (SSSR count). The van der Waals surface area contributed by atoms with E-state index in [2.05, 4.69) is 10.4 Å². The van der Waals surface area contributed by atoms with E-state index in [4.69, 9.17) is 9.47 Å². The minimum absolute atomic E-state index is 0.317. The number of ether oxygens (including phenoxy) is 2. The molecule has 0 amide bonds. The second kappa shape index (κ2) is 10.8. The van der Waals surface area contributed by atoms with Crippen LogP contribution in [0.25, 0.3) is 16.9 Å². The van der Waals surface area contributed by atoms with Gasteiger partial charge in [0.1, 0.15) is 11.5 Å². The van der Waals surface area contributed by atoms with Crippen molar-refractivity contribution in [3.8, 4) is 28.4 Å². The fraction of sp³-hybridized carbons (Fsp3) is 0.267. The van der Waals surface area contributed by atoms with Crippen LogP contribution in [0, 0.1) is 0 Å². The van der Waals surface area contributed by atoms with Crippen LogP contribution in [-0.4, -0.2) is 30.5 Å². The average Bonchev–Trinajstić information content (AvgIpc) is 3.44. The van der Waals surface area contributed by atoms with E-state index in [-0.39, 0.29) is 5.69 Å². The highest BCUT2D eigenvalue weighted by Gasteiger charge is 2.35. The molecule has 0 aliphatic heterocycles. The highest BCUT2D eigenvalue weighted by molar-refractivity contribution is 5.69. The van der Waals surface area contributed by atoms with E-state index in [1.807, 2.05) is 30.3 Å². The summed E-state index contributed by atoms with van der Waals surface area (Å²) < 4.78 is 54.2. The van der Waals surface area contributed by atoms with E-state index in [0.717, 1.165) is 28.3 Å². The minimum Gasteiger partial charge on any atom is -0.497 e. The Labute approximate surface area is 224 Å². The molecule has 0 fully saturated rings. The molecule has 1 heterocycles. The molecule has 1 aliphatic carbocycles. The number of hydrogen-bond donors (Lipinski definition) is 1. The Morgan fingerprint density at radius 2 is 1.62 bits per heavy atom. The van der Waals surface area contributed by atoms with Crippen molar-refractivity contribution in [3.63, 3.8) is 0 Å². The molecule has 1 aliphatic rings. The first-order chi connectivity index (χ1) is 18.8. The number of hydrogen-bond acceptors (Lipinski definition) is 5. The van der Waals surface area contributed by atoms with Gasteiger partial charge in [0, 0.05) is 29.4 Å². The van der Waals surface area contributed by atoms with Crippen LogP contribution in [0.4, 0.5) is 18.9 Å². The van der Waals surface area contributed by atoms with Crippen LogP contribution in [0.3, 0.4) is 0 Å². The van der Waals surface area contributed by atoms with Gasteiger partial charge in [-0.05, 0) is 67.1 Å². The second-order valence-corrected chi connectivity index (χ2v) is 9.37. The second-order valence-electron chi connectivity index (χ2n) is 9.37.